The normalized spacial score (nSPS) is 19.9. The van der Waals surface area contributed by atoms with E-state index in [1.54, 1.807) is 18.2 Å². The fourth-order valence-electron chi connectivity index (χ4n) is 4.21. The molecule has 0 aromatic heterocycles. The lowest BCUT2D eigenvalue weighted by Crippen LogP contribution is -2.53. The minimum absolute atomic E-state index is 0.0582. The number of piperazine rings is 1. The number of rotatable bonds is 7. The number of ether oxygens (including phenoxy) is 1. The van der Waals surface area contributed by atoms with Crippen LogP contribution in [0.25, 0.3) is 0 Å². The molecule has 2 aromatic rings. The molecule has 1 atom stereocenters. The molecule has 0 aliphatic carbocycles. The van der Waals surface area contributed by atoms with Gasteiger partial charge in [0.25, 0.3) is 5.91 Å². The maximum absolute atomic E-state index is 13.1. The number of anilines is 2. The minimum Gasteiger partial charge on any atom is -0.494 e. The molecule has 8 heteroatoms. The number of nitrogens with one attached hydrogen (secondary N) is 1. The van der Waals surface area contributed by atoms with Gasteiger partial charge in [-0.25, -0.2) is 4.90 Å². The number of hydrogen-bond acceptors (Lipinski definition) is 6. The summed E-state index contributed by atoms with van der Waals surface area (Å²) in [5.74, 6) is 0.186. The first kappa shape index (κ1) is 22.0. The molecule has 0 unspecified atom stereocenters. The van der Waals surface area contributed by atoms with Crippen LogP contribution in [0.3, 0.4) is 0 Å². The second-order valence-corrected chi connectivity index (χ2v) is 7.94. The monoisotopic (exact) mass is 436 g/mol. The Labute approximate surface area is 187 Å². The van der Waals surface area contributed by atoms with Crippen LogP contribution in [-0.2, 0) is 14.4 Å². The molecule has 0 bridgehead atoms. The minimum atomic E-state index is -0.460. The highest BCUT2D eigenvalue weighted by Crippen LogP contribution is 2.29. The highest BCUT2D eigenvalue weighted by molar-refractivity contribution is 6.22. The Hall–Kier alpha value is -3.23. The largest absolute Gasteiger partial charge is 0.494 e. The summed E-state index contributed by atoms with van der Waals surface area (Å²) in [4.78, 5) is 43.5. The molecule has 2 aliphatic rings. The molecule has 0 radical (unpaired) electrons. The zero-order chi connectivity index (χ0) is 22.5. The summed E-state index contributed by atoms with van der Waals surface area (Å²) in [7, 11) is 0. The van der Waals surface area contributed by atoms with E-state index >= 15 is 0 Å². The maximum atomic E-state index is 13.1. The standard InChI is InChI=1S/C24H28N4O4/c1-2-32-20-10-6-9-19(15-20)28-23(30)16-21(24(28)31)27-13-11-26(12-14-27)17-22(29)25-18-7-4-3-5-8-18/h3-10,15,21H,2,11-14,16-17H2,1H3,(H,25,29)/t21-/m1/s1. The van der Waals surface area contributed by atoms with Gasteiger partial charge >= 0.3 is 0 Å². The van der Waals surface area contributed by atoms with Crippen LogP contribution in [0.15, 0.2) is 54.6 Å². The van der Waals surface area contributed by atoms with E-state index in [4.69, 9.17) is 4.74 Å². The number of hydrogen-bond donors (Lipinski definition) is 1. The van der Waals surface area contributed by atoms with Crippen LogP contribution < -0.4 is 15.0 Å². The van der Waals surface area contributed by atoms with E-state index in [2.05, 4.69) is 15.1 Å². The van der Waals surface area contributed by atoms with E-state index in [-0.39, 0.29) is 24.1 Å². The summed E-state index contributed by atoms with van der Waals surface area (Å²) in [6.45, 7) is 5.31. The molecule has 2 fully saturated rings. The highest BCUT2D eigenvalue weighted by Gasteiger charge is 2.43. The molecule has 168 valence electrons. The van der Waals surface area contributed by atoms with Crippen molar-refractivity contribution in [2.75, 3.05) is 49.5 Å². The highest BCUT2D eigenvalue weighted by atomic mass is 16.5. The molecule has 2 saturated heterocycles. The zero-order valence-electron chi connectivity index (χ0n) is 18.2. The number of nitrogens with zero attached hydrogens (tertiary/aromatic N) is 3. The van der Waals surface area contributed by atoms with E-state index in [1.807, 2.05) is 43.3 Å². The average molecular weight is 437 g/mol. The van der Waals surface area contributed by atoms with E-state index in [9.17, 15) is 14.4 Å². The second-order valence-electron chi connectivity index (χ2n) is 7.94. The Morgan fingerprint density at radius 1 is 1.03 bits per heavy atom. The lowest BCUT2D eigenvalue weighted by molar-refractivity contribution is -0.124. The Morgan fingerprint density at radius 2 is 1.78 bits per heavy atom. The van der Waals surface area contributed by atoms with Crippen molar-refractivity contribution in [2.45, 2.75) is 19.4 Å². The van der Waals surface area contributed by atoms with Crippen LogP contribution in [0.5, 0.6) is 5.75 Å². The number of imide groups is 1. The molecule has 32 heavy (non-hydrogen) atoms. The molecular formula is C24H28N4O4. The van der Waals surface area contributed by atoms with Gasteiger partial charge in [0.1, 0.15) is 5.75 Å². The van der Waals surface area contributed by atoms with Crippen molar-refractivity contribution in [1.29, 1.82) is 0 Å². The molecule has 3 amide bonds. The van der Waals surface area contributed by atoms with Gasteiger partial charge in [-0.1, -0.05) is 24.3 Å². The fourth-order valence-corrected chi connectivity index (χ4v) is 4.21. The molecule has 0 spiro atoms. The van der Waals surface area contributed by atoms with Crippen molar-refractivity contribution >= 4 is 29.1 Å². The predicted octanol–water partition coefficient (Wildman–Crippen LogP) is 1.97. The average Bonchev–Trinajstić information content (AvgIpc) is 3.09. The quantitative estimate of drug-likeness (QED) is 0.669. The predicted molar refractivity (Wildman–Crippen MR) is 122 cm³/mol. The zero-order valence-corrected chi connectivity index (χ0v) is 18.2. The molecule has 8 nitrogen and oxygen atoms in total. The molecule has 0 saturated carbocycles. The number of benzene rings is 2. The first-order valence-corrected chi connectivity index (χ1v) is 11.0. The van der Waals surface area contributed by atoms with Gasteiger partial charge in [-0.3, -0.25) is 24.2 Å². The summed E-state index contributed by atoms with van der Waals surface area (Å²) in [5, 5.41) is 2.90. The van der Waals surface area contributed by atoms with Crippen molar-refractivity contribution in [3.63, 3.8) is 0 Å². The van der Waals surface area contributed by atoms with E-state index in [1.165, 1.54) is 4.90 Å². The Kier molecular flexibility index (Phi) is 6.82. The summed E-state index contributed by atoms with van der Waals surface area (Å²) in [5.41, 5.74) is 1.32. The molecule has 2 aliphatic heterocycles. The SMILES string of the molecule is CCOc1cccc(N2C(=O)C[C@@H](N3CCN(CC(=O)Nc4ccccc4)CC3)C2=O)c1. The van der Waals surface area contributed by atoms with Crippen LogP contribution >= 0.6 is 0 Å². The lowest BCUT2D eigenvalue weighted by Gasteiger charge is -2.36. The third-order valence-corrected chi connectivity index (χ3v) is 5.78. The van der Waals surface area contributed by atoms with E-state index in [0.29, 0.717) is 50.8 Å². The van der Waals surface area contributed by atoms with Gasteiger partial charge in [0.15, 0.2) is 0 Å². The number of para-hydroxylation sites is 1. The van der Waals surface area contributed by atoms with Crippen molar-refractivity contribution in [2.24, 2.45) is 0 Å². The van der Waals surface area contributed by atoms with Gasteiger partial charge < -0.3 is 10.1 Å². The van der Waals surface area contributed by atoms with Crippen molar-refractivity contribution in [3.8, 4) is 5.75 Å². The van der Waals surface area contributed by atoms with Gasteiger partial charge in [-0.15, -0.1) is 0 Å². The summed E-state index contributed by atoms with van der Waals surface area (Å²) in [6, 6.07) is 16.0. The topological polar surface area (TPSA) is 82.2 Å². The van der Waals surface area contributed by atoms with Crippen LogP contribution in [0.2, 0.25) is 0 Å². The molecule has 1 N–H and O–H groups in total. The Bertz CT molecular complexity index is 973. The molecule has 4 rings (SSSR count). The second kappa shape index (κ2) is 9.93. The van der Waals surface area contributed by atoms with Crippen molar-refractivity contribution < 1.29 is 19.1 Å². The van der Waals surface area contributed by atoms with Gasteiger partial charge in [0.05, 0.1) is 31.3 Å². The van der Waals surface area contributed by atoms with Gasteiger partial charge in [0, 0.05) is 37.9 Å². The fraction of sp³-hybridized carbons (Fsp3) is 0.375. The maximum Gasteiger partial charge on any atom is 0.251 e. The van der Waals surface area contributed by atoms with Gasteiger partial charge in [-0.05, 0) is 31.2 Å². The number of amides is 3. The lowest BCUT2D eigenvalue weighted by atomic mass is 10.1. The number of carbonyl (C=O) groups excluding carboxylic acids is 3. The molecule has 2 heterocycles. The summed E-state index contributed by atoms with van der Waals surface area (Å²) in [6.07, 6.45) is 0.173. The number of carbonyl (C=O) groups is 3. The first-order valence-electron chi connectivity index (χ1n) is 11.0. The Morgan fingerprint density at radius 3 is 2.50 bits per heavy atom. The van der Waals surface area contributed by atoms with Crippen LogP contribution in [0.4, 0.5) is 11.4 Å². The van der Waals surface area contributed by atoms with Crippen LogP contribution in [0, 0.1) is 0 Å². The Balaban J connectivity index is 1.32. The van der Waals surface area contributed by atoms with Crippen LogP contribution in [-0.4, -0.2) is 72.9 Å². The van der Waals surface area contributed by atoms with Gasteiger partial charge in [0.2, 0.25) is 11.8 Å². The summed E-state index contributed by atoms with van der Waals surface area (Å²) >= 11 is 0. The van der Waals surface area contributed by atoms with E-state index < -0.39 is 6.04 Å². The smallest absolute Gasteiger partial charge is 0.251 e. The third kappa shape index (κ3) is 4.98. The van der Waals surface area contributed by atoms with Crippen LogP contribution in [0.1, 0.15) is 13.3 Å². The molecular weight excluding hydrogens is 408 g/mol. The summed E-state index contributed by atoms with van der Waals surface area (Å²) < 4.78 is 5.50. The van der Waals surface area contributed by atoms with Crippen molar-refractivity contribution in [3.05, 3.63) is 54.6 Å². The molecule has 2 aromatic carbocycles. The van der Waals surface area contributed by atoms with E-state index in [0.717, 1.165) is 5.69 Å². The van der Waals surface area contributed by atoms with Gasteiger partial charge in [-0.2, -0.15) is 0 Å². The third-order valence-electron chi connectivity index (χ3n) is 5.78. The first-order chi connectivity index (χ1) is 15.5. The van der Waals surface area contributed by atoms with Crippen molar-refractivity contribution in [1.82, 2.24) is 9.80 Å².